The fraction of sp³-hybridized carbons (Fsp3) is 0.455. The van der Waals surface area contributed by atoms with E-state index in [-0.39, 0.29) is 0 Å². The van der Waals surface area contributed by atoms with Crippen LogP contribution in [0.1, 0.15) is 18.4 Å². The van der Waals surface area contributed by atoms with Crippen molar-refractivity contribution < 1.29 is 0 Å². The van der Waals surface area contributed by atoms with Crippen LogP contribution in [0.4, 0.5) is 0 Å². The lowest BCUT2D eigenvalue weighted by Crippen LogP contribution is -2.36. The second-order valence-corrected chi connectivity index (χ2v) is 4.82. The summed E-state index contributed by atoms with van der Waals surface area (Å²) in [4.78, 5) is 0. The molecule has 1 aromatic rings. The van der Waals surface area contributed by atoms with Crippen LogP contribution in [0.2, 0.25) is 0 Å². The van der Waals surface area contributed by atoms with Crippen LogP contribution in [0.15, 0.2) is 28.7 Å². The second-order valence-electron chi connectivity index (χ2n) is 3.53. The van der Waals surface area contributed by atoms with E-state index >= 15 is 0 Å². The first-order chi connectivity index (χ1) is 7.26. The highest BCUT2D eigenvalue weighted by atomic mass is 79.9. The Morgan fingerprint density at radius 2 is 2.27 bits per heavy atom. The molecule has 1 atom stereocenters. The summed E-state index contributed by atoms with van der Waals surface area (Å²) in [6.07, 6.45) is 2.93. The number of halogens is 2. The van der Waals surface area contributed by atoms with Gasteiger partial charge in [0.2, 0.25) is 0 Å². The molecule has 4 heteroatoms. The number of hydrogen-bond acceptors (Lipinski definition) is 2. The van der Waals surface area contributed by atoms with E-state index in [9.17, 15) is 0 Å². The minimum Gasteiger partial charge on any atom is -0.271 e. The molecule has 0 amide bonds. The average molecular weight is 292 g/mol. The Bertz CT molecular complexity index is 294. The molecular formula is C11H16BrClN2. The highest BCUT2D eigenvalue weighted by molar-refractivity contribution is 9.10. The monoisotopic (exact) mass is 290 g/mol. The quantitative estimate of drug-likeness (QED) is 0.480. The predicted molar refractivity (Wildman–Crippen MR) is 68.9 cm³/mol. The fourth-order valence-electron chi connectivity index (χ4n) is 1.52. The minimum absolute atomic E-state index is 0.304. The molecule has 1 rings (SSSR count). The van der Waals surface area contributed by atoms with Crippen molar-refractivity contribution in [3.63, 3.8) is 0 Å². The maximum atomic E-state index is 5.65. The van der Waals surface area contributed by atoms with Crippen molar-refractivity contribution in [1.82, 2.24) is 5.43 Å². The zero-order valence-corrected chi connectivity index (χ0v) is 10.9. The molecule has 0 fully saturated rings. The van der Waals surface area contributed by atoms with Gasteiger partial charge in [-0.2, -0.15) is 0 Å². The number of nitrogens with one attached hydrogen (secondary N) is 1. The van der Waals surface area contributed by atoms with E-state index in [1.54, 1.807) is 0 Å². The number of hydrogen-bond donors (Lipinski definition) is 2. The van der Waals surface area contributed by atoms with Crippen LogP contribution in [0.5, 0.6) is 0 Å². The van der Waals surface area contributed by atoms with Crippen molar-refractivity contribution in [2.75, 3.05) is 5.88 Å². The van der Waals surface area contributed by atoms with E-state index in [1.165, 1.54) is 5.56 Å². The van der Waals surface area contributed by atoms with Crippen LogP contribution in [-0.2, 0) is 6.42 Å². The van der Waals surface area contributed by atoms with Crippen LogP contribution < -0.4 is 11.3 Å². The summed E-state index contributed by atoms with van der Waals surface area (Å²) < 4.78 is 1.10. The smallest absolute Gasteiger partial charge is 0.0251 e. The summed E-state index contributed by atoms with van der Waals surface area (Å²) in [5.41, 5.74) is 4.11. The van der Waals surface area contributed by atoms with Crippen molar-refractivity contribution >= 4 is 27.5 Å². The molecule has 0 bridgehead atoms. The molecule has 15 heavy (non-hydrogen) atoms. The largest absolute Gasteiger partial charge is 0.271 e. The third-order valence-corrected chi connectivity index (χ3v) is 3.05. The summed E-state index contributed by atoms with van der Waals surface area (Å²) in [6, 6.07) is 8.58. The highest BCUT2D eigenvalue weighted by Gasteiger charge is 2.07. The van der Waals surface area contributed by atoms with Crippen LogP contribution in [-0.4, -0.2) is 11.9 Å². The fourth-order valence-corrected chi connectivity index (χ4v) is 2.12. The Morgan fingerprint density at radius 3 is 2.87 bits per heavy atom. The molecule has 0 aliphatic carbocycles. The molecule has 0 saturated carbocycles. The molecule has 3 N–H and O–H groups in total. The third-order valence-electron chi connectivity index (χ3n) is 2.29. The molecule has 2 nitrogen and oxygen atoms in total. The van der Waals surface area contributed by atoms with Gasteiger partial charge in [-0.1, -0.05) is 28.1 Å². The SMILES string of the molecule is NNC(CCCCl)Cc1cccc(Br)c1. The third kappa shape index (κ3) is 4.98. The number of benzene rings is 1. The van der Waals surface area contributed by atoms with Crippen molar-refractivity contribution in [3.8, 4) is 0 Å². The lowest BCUT2D eigenvalue weighted by molar-refractivity contribution is 0.487. The normalized spacial score (nSPS) is 12.7. The van der Waals surface area contributed by atoms with Gasteiger partial charge in [-0.3, -0.25) is 11.3 Å². The van der Waals surface area contributed by atoms with Gasteiger partial charge in [0.1, 0.15) is 0 Å². The molecule has 0 radical (unpaired) electrons. The lowest BCUT2D eigenvalue weighted by Gasteiger charge is -2.15. The van der Waals surface area contributed by atoms with Gasteiger partial charge < -0.3 is 0 Å². The second kappa shape index (κ2) is 7.23. The Hall–Kier alpha value is -0.0900. The molecule has 0 aromatic heterocycles. The molecule has 0 saturated heterocycles. The van der Waals surface area contributed by atoms with Gasteiger partial charge in [0.15, 0.2) is 0 Å². The van der Waals surface area contributed by atoms with Crippen LogP contribution >= 0.6 is 27.5 Å². The zero-order valence-electron chi connectivity index (χ0n) is 8.55. The van der Waals surface area contributed by atoms with Gasteiger partial charge in [-0.05, 0) is 37.0 Å². The van der Waals surface area contributed by atoms with Crippen LogP contribution in [0.25, 0.3) is 0 Å². The molecule has 0 aliphatic rings. The van der Waals surface area contributed by atoms with Crippen molar-refractivity contribution in [2.24, 2.45) is 5.84 Å². The number of alkyl halides is 1. The molecule has 1 unspecified atom stereocenters. The standard InChI is InChI=1S/C11H16BrClN2/c12-10-4-1-3-9(7-10)8-11(15-14)5-2-6-13/h1,3-4,7,11,15H,2,5-6,8,14H2. The maximum Gasteiger partial charge on any atom is 0.0251 e. The first-order valence-electron chi connectivity index (χ1n) is 5.03. The van der Waals surface area contributed by atoms with Gasteiger partial charge in [0.25, 0.3) is 0 Å². The van der Waals surface area contributed by atoms with Gasteiger partial charge in [-0.15, -0.1) is 11.6 Å². The Morgan fingerprint density at radius 1 is 1.47 bits per heavy atom. The first-order valence-corrected chi connectivity index (χ1v) is 6.35. The number of rotatable bonds is 6. The van der Waals surface area contributed by atoms with E-state index in [2.05, 4.69) is 33.5 Å². The maximum absolute atomic E-state index is 5.65. The Balaban J connectivity index is 2.50. The summed E-state index contributed by atoms with van der Waals surface area (Å²) in [7, 11) is 0. The zero-order chi connectivity index (χ0) is 11.1. The van der Waals surface area contributed by atoms with Crippen molar-refractivity contribution in [1.29, 1.82) is 0 Å². The predicted octanol–water partition coefficient (Wildman–Crippen LogP) is 2.84. The van der Waals surface area contributed by atoms with Crippen LogP contribution in [0.3, 0.4) is 0 Å². The Labute approximate surface area is 104 Å². The molecule has 0 heterocycles. The summed E-state index contributed by atoms with van der Waals surface area (Å²) in [6.45, 7) is 0. The highest BCUT2D eigenvalue weighted by Crippen LogP contribution is 2.14. The van der Waals surface area contributed by atoms with Gasteiger partial charge >= 0.3 is 0 Å². The van der Waals surface area contributed by atoms with Crippen LogP contribution in [0, 0.1) is 0 Å². The molecule has 1 aromatic carbocycles. The van der Waals surface area contributed by atoms with Gasteiger partial charge in [0.05, 0.1) is 0 Å². The number of hydrazine groups is 1. The minimum atomic E-state index is 0.304. The van der Waals surface area contributed by atoms with Crippen molar-refractivity contribution in [2.45, 2.75) is 25.3 Å². The van der Waals surface area contributed by atoms with Gasteiger partial charge in [0, 0.05) is 16.4 Å². The molecule has 0 aliphatic heterocycles. The first kappa shape index (κ1) is 13.0. The molecule has 84 valence electrons. The summed E-state index contributed by atoms with van der Waals surface area (Å²) >= 11 is 9.11. The topological polar surface area (TPSA) is 38.0 Å². The molecular weight excluding hydrogens is 275 g/mol. The lowest BCUT2D eigenvalue weighted by atomic mass is 10.0. The van der Waals surface area contributed by atoms with E-state index in [4.69, 9.17) is 17.4 Å². The Kier molecular flexibility index (Phi) is 6.25. The summed E-state index contributed by atoms with van der Waals surface area (Å²) in [5, 5.41) is 0. The van der Waals surface area contributed by atoms with E-state index in [0.717, 1.165) is 23.7 Å². The van der Waals surface area contributed by atoms with E-state index < -0.39 is 0 Å². The van der Waals surface area contributed by atoms with E-state index in [0.29, 0.717) is 11.9 Å². The number of nitrogens with two attached hydrogens (primary N) is 1. The summed E-state index contributed by atoms with van der Waals surface area (Å²) in [5.74, 6) is 6.19. The van der Waals surface area contributed by atoms with Crippen molar-refractivity contribution in [3.05, 3.63) is 34.3 Å². The molecule has 0 spiro atoms. The van der Waals surface area contributed by atoms with E-state index in [1.807, 2.05) is 12.1 Å². The van der Waals surface area contributed by atoms with Gasteiger partial charge in [-0.25, -0.2) is 0 Å². The average Bonchev–Trinajstić information content (AvgIpc) is 2.24.